The lowest BCUT2D eigenvalue weighted by Gasteiger charge is -2.33. The van der Waals surface area contributed by atoms with Gasteiger partial charge in [-0.3, -0.25) is 4.99 Å². The van der Waals surface area contributed by atoms with Gasteiger partial charge in [0.15, 0.2) is 5.96 Å². The summed E-state index contributed by atoms with van der Waals surface area (Å²) in [4.78, 5) is 11.7. The Morgan fingerprint density at radius 2 is 2.08 bits per heavy atom. The predicted octanol–water partition coefficient (Wildman–Crippen LogP) is 3.41. The van der Waals surface area contributed by atoms with Crippen LogP contribution in [0.2, 0.25) is 0 Å². The van der Waals surface area contributed by atoms with E-state index in [1.54, 1.807) is 11.3 Å². The van der Waals surface area contributed by atoms with Crippen LogP contribution in [0.15, 0.2) is 10.4 Å². The molecule has 0 radical (unpaired) electrons. The molecule has 1 aliphatic rings. The first-order valence-corrected chi connectivity index (χ1v) is 10.9. The van der Waals surface area contributed by atoms with Gasteiger partial charge >= 0.3 is 0 Å². The Kier molecular flexibility index (Phi) is 8.35. The zero-order chi connectivity index (χ0) is 19.0. The molecule has 0 aromatic carbocycles. The van der Waals surface area contributed by atoms with E-state index in [1.165, 1.54) is 56.0 Å². The van der Waals surface area contributed by atoms with Crippen molar-refractivity contribution < 1.29 is 0 Å². The second-order valence-electron chi connectivity index (χ2n) is 8.24. The molecule has 26 heavy (non-hydrogen) atoms. The number of hydrogen-bond donors (Lipinski definition) is 2. The van der Waals surface area contributed by atoms with Crippen LogP contribution in [-0.4, -0.2) is 55.1 Å². The second kappa shape index (κ2) is 10.3. The molecule has 1 saturated heterocycles. The second-order valence-corrected chi connectivity index (χ2v) is 9.18. The first-order valence-electron chi connectivity index (χ1n) is 10.1. The average Bonchev–Trinajstić information content (AvgIpc) is 3.09. The van der Waals surface area contributed by atoms with Crippen LogP contribution in [0.1, 0.15) is 64.1 Å². The van der Waals surface area contributed by atoms with Gasteiger partial charge in [0, 0.05) is 49.9 Å². The van der Waals surface area contributed by atoms with Crippen LogP contribution >= 0.6 is 11.3 Å². The largest absolute Gasteiger partial charge is 0.356 e. The maximum atomic E-state index is 4.77. The molecule has 1 aromatic rings. The maximum absolute atomic E-state index is 4.77. The molecular formula is C20H37N5S. The number of nitrogens with one attached hydrogen (secondary N) is 2. The molecule has 6 heteroatoms. The van der Waals surface area contributed by atoms with E-state index in [-0.39, 0.29) is 5.41 Å². The molecule has 5 nitrogen and oxygen atoms in total. The summed E-state index contributed by atoms with van der Waals surface area (Å²) in [5, 5.41) is 10.4. The Morgan fingerprint density at radius 3 is 2.65 bits per heavy atom. The summed E-state index contributed by atoms with van der Waals surface area (Å²) in [6.45, 7) is 13.4. The summed E-state index contributed by atoms with van der Waals surface area (Å²) in [5.74, 6) is 0.921. The number of aliphatic imine (C=N–C) groups is 1. The molecule has 2 rings (SSSR count). The Morgan fingerprint density at radius 1 is 1.35 bits per heavy atom. The van der Waals surface area contributed by atoms with E-state index >= 15 is 0 Å². The zero-order valence-electron chi connectivity index (χ0n) is 17.3. The van der Waals surface area contributed by atoms with Crippen LogP contribution in [-0.2, 0) is 11.8 Å². The highest BCUT2D eigenvalue weighted by Crippen LogP contribution is 2.23. The minimum atomic E-state index is 0.131. The van der Waals surface area contributed by atoms with Crippen LogP contribution in [0.3, 0.4) is 0 Å². The molecule has 0 aliphatic carbocycles. The lowest BCUT2D eigenvalue weighted by Crippen LogP contribution is -2.49. The van der Waals surface area contributed by atoms with Crippen molar-refractivity contribution in [2.24, 2.45) is 4.99 Å². The number of unbranched alkanes of at least 4 members (excludes halogenated alkanes) is 1. The molecule has 0 unspecified atom stereocenters. The third kappa shape index (κ3) is 6.88. The number of thiazole rings is 1. The van der Waals surface area contributed by atoms with E-state index in [4.69, 9.17) is 4.98 Å². The quantitative estimate of drug-likeness (QED) is 0.563. The van der Waals surface area contributed by atoms with Gasteiger partial charge < -0.3 is 15.5 Å². The first kappa shape index (κ1) is 21.2. The van der Waals surface area contributed by atoms with Crippen LogP contribution in [0.5, 0.6) is 0 Å². The first-order chi connectivity index (χ1) is 12.4. The van der Waals surface area contributed by atoms with E-state index in [0.29, 0.717) is 6.04 Å². The summed E-state index contributed by atoms with van der Waals surface area (Å²) >= 11 is 1.76. The van der Waals surface area contributed by atoms with Gasteiger partial charge in [0.1, 0.15) is 0 Å². The van der Waals surface area contributed by atoms with Gasteiger partial charge in [-0.2, -0.15) is 0 Å². The third-order valence-electron chi connectivity index (χ3n) is 4.93. The highest BCUT2D eigenvalue weighted by atomic mass is 32.1. The molecule has 0 bridgehead atoms. The van der Waals surface area contributed by atoms with E-state index in [9.17, 15) is 0 Å². The molecule has 2 N–H and O–H groups in total. The average molecular weight is 380 g/mol. The molecule has 0 saturated carbocycles. The Hall–Kier alpha value is -1.14. The van der Waals surface area contributed by atoms with Crippen molar-refractivity contribution in [3.63, 3.8) is 0 Å². The maximum Gasteiger partial charge on any atom is 0.191 e. The minimum Gasteiger partial charge on any atom is -0.356 e. The number of piperidine rings is 1. The molecule has 148 valence electrons. The number of hydrogen-bond acceptors (Lipinski definition) is 4. The van der Waals surface area contributed by atoms with Crippen LogP contribution in [0.4, 0.5) is 0 Å². The molecule has 2 heterocycles. The lowest BCUT2D eigenvalue weighted by atomic mass is 9.93. The number of guanidine groups is 1. The van der Waals surface area contributed by atoms with Gasteiger partial charge in [-0.05, 0) is 25.8 Å². The number of rotatable bonds is 7. The molecule has 1 aliphatic heterocycles. The van der Waals surface area contributed by atoms with Crippen LogP contribution < -0.4 is 10.6 Å². The zero-order valence-corrected chi connectivity index (χ0v) is 18.1. The van der Waals surface area contributed by atoms with Crippen molar-refractivity contribution in [3.8, 4) is 0 Å². The highest BCUT2D eigenvalue weighted by Gasteiger charge is 2.20. The molecule has 1 aromatic heterocycles. The van der Waals surface area contributed by atoms with Crippen molar-refractivity contribution in [1.29, 1.82) is 0 Å². The number of likely N-dealkylation sites (tertiary alicyclic amines) is 1. The van der Waals surface area contributed by atoms with E-state index in [2.05, 4.69) is 53.6 Å². The minimum absolute atomic E-state index is 0.131. The van der Waals surface area contributed by atoms with Crippen molar-refractivity contribution >= 4 is 17.3 Å². The summed E-state index contributed by atoms with van der Waals surface area (Å²) in [5.41, 5.74) is 1.32. The fourth-order valence-electron chi connectivity index (χ4n) is 3.13. The summed E-state index contributed by atoms with van der Waals surface area (Å²) in [6.07, 6.45) is 5.94. The van der Waals surface area contributed by atoms with Crippen molar-refractivity contribution in [2.45, 2.75) is 71.3 Å². The van der Waals surface area contributed by atoms with Gasteiger partial charge in [-0.15, -0.1) is 11.3 Å². The van der Waals surface area contributed by atoms with Crippen molar-refractivity contribution in [1.82, 2.24) is 20.5 Å². The molecule has 0 amide bonds. The SMILES string of the molecule is CCCCN1CCC(NC(=NC)NCCc2nc(C(C)(C)C)cs2)CC1. The van der Waals surface area contributed by atoms with Gasteiger partial charge in [0.05, 0.1) is 10.7 Å². The predicted molar refractivity (Wildman–Crippen MR) is 113 cm³/mol. The van der Waals surface area contributed by atoms with E-state index in [1.807, 2.05) is 7.05 Å². The molecule has 0 spiro atoms. The number of aromatic nitrogens is 1. The van der Waals surface area contributed by atoms with Gasteiger partial charge in [-0.1, -0.05) is 34.1 Å². The molecule has 0 atom stereocenters. The topological polar surface area (TPSA) is 52.5 Å². The van der Waals surface area contributed by atoms with Gasteiger partial charge in [-0.25, -0.2) is 4.98 Å². The van der Waals surface area contributed by atoms with E-state index < -0.39 is 0 Å². The fourth-order valence-corrected chi connectivity index (χ4v) is 4.15. The van der Waals surface area contributed by atoms with E-state index in [0.717, 1.165) is 18.9 Å². The Balaban J connectivity index is 1.69. The summed E-state index contributed by atoms with van der Waals surface area (Å²) in [6, 6.07) is 0.534. The smallest absolute Gasteiger partial charge is 0.191 e. The van der Waals surface area contributed by atoms with Crippen LogP contribution in [0.25, 0.3) is 0 Å². The third-order valence-corrected chi connectivity index (χ3v) is 5.84. The normalized spacial score (nSPS) is 17.5. The summed E-state index contributed by atoms with van der Waals surface area (Å²) < 4.78 is 0. The number of nitrogens with zero attached hydrogens (tertiary/aromatic N) is 3. The summed E-state index contributed by atoms with van der Waals surface area (Å²) in [7, 11) is 1.85. The van der Waals surface area contributed by atoms with Gasteiger partial charge in [0.25, 0.3) is 0 Å². The van der Waals surface area contributed by atoms with Crippen LogP contribution in [0, 0.1) is 0 Å². The Labute approximate surface area is 163 Å². The standard InChI is InChI=1S/C20H37N5S/c1-6-7-12-25-13-9-16(10-14-25)23-19(21-5)22-11-8-18-24-17(15-26-18)20(2,3)4/h15-16H,6-14H2,1-5H3,(H2,21,22,23). The highest BCUT2D eigenvalue weighted by molar-refractivity contribution is 7.09. The fraction of sp³-hybridized carbons (Fsp3) is 0.800. The lowest BCUT2D eigenvalue weighted by molar-refractivity contribution is 0.203. The molecule has 1 fully saturated rings. The monoisotopic (exact) mass is 379 g/mol. The molecular weight excluding hydrogens is 342 g/mol. The van der Waals surface area contributed by atoms with Gasteiger partial charge in [0.2, 0.25) is 0 Å². The van der Waals surface area contributed by atoms with Crippen molar-refractivity contribution in [2.75, 3.05) is 33.2 Å². The van der Waals surface area contributed by atoms with Crippen molar-refractivity contribution in [3.05, 3.63) is 16.1 Å². The Bertz CT molecular complexity index is 553.